The summed E-state index contributed by atoms with van der Waals surface area (Å²) in [4.78, 5) is 11.0. The van der Waals surface area contributed by atoms with Crippen LogP contribution >= 0.6 is 0 Å². The second-order valence-corrected chi connectivity index (χ2v) is 6.46. The van der Waals surface area contributed by atoms with Crippen LogP contribution in [0.25, 0.3) is 0 Å². The number of aliphatic carboxylic acids is 1. The maximum Gasteiger partial charge on any atom is 0.494 e. The minimum Gasteiger partial charge on any atom is -0.494 e. The Morgan fingerprint density at radius 3 is 2.32 bits per heavy atom. The highest BCUT2D eigenvalue weighted by atomic mass is 16.7. The molecule has 0 aliphatic carbocycles. The molecule has 2 rings (SSSR count). The fourth-order valence-corrected chi connectivity index (χ4v) is 2.32. The molecule has 1 saturated heterocycles. The lowest BCUT2D eigenvalue weighted by molar-refractivity contribution is -0.136. The first kappa shape index (κ1) is 16.8. The predicted molar refractivity (Wildman–Crippen MR) is 84.7 cm³/mol. The summed E-state index contributed by atoms with van der Waals surface area (Å²) >= 11 is 0. The van der Waals surface area contributed by atoms with Crippen molar-refractivity contribution in [1.29, 1.82) is 0 Å². The summed E-state index contributed by atoms with van der Waals surface area (Å²) in [5.74, 6) is -0.308. The van der Waals surface area contributed by atoms with Crippen molar-refractivity contribution in [3.05, 3.63) is 23.8 Å². The topological polar surface area (TPSA) is 65.0 Å². The molecule has 1 aliphatic rings. The van der Waals surface area contributed by atoms with Gasteiger partial charge in [0.2, 0.25) is 0 Å². The minimum absolute atomic E-state index is 0.0946. The van der Waals surface area contributed by atoms with E-state index in [1.165, 1.54) is 0 Å². The Balaban J connectivity index is 2.31. The van der Waals surface area contributed by atoms with E-state index in [9.17, 15) is 4.79 Å². The zero-order chi connectivity index (χ0) is 16.5. The lowest BCUT2D eigenvalue weighted by Gasteiger charge is -2.32. The fraction of sp³-hybridized carbons (Fsp3) is 0.562. The molecule has 0 amide bonds. The van der Waals surface area contributed by atoms with Gasteiger partial charge in [0.25, 0.3) is 0 Å². The highest BCUT2D eigenvalue weighted by Crippen LogP contribution is 2.36. The second-order valence-electron chi connectivity index (χ2n) is 6.46. The molecular formula is C16H23BO5. The van der Waals surface area contributed by atoms with Gasteiger partial charge in [-0.05, 0) is 46.1 Å². The number of hydrogen-bond donors (Lipinski definition) is 1. The van der Waals surface area contributed by atoms with Gasteiger partial charge in [-0.25, -0.2) is 0 Å². The molecule has 0 spiro atoms. The molecule has 1 N–H and O–H groups in total. The molecule has 0 atom stereocenters. The normalized spacial score (nSPS) is 19.2. The van der Waals surface area contributed by atoms with E-state index >= 15 is 0 Å². The molecule has 0 bridgehead atoms. The van der Waals surface area contributed by atoms with Gasteiger partial charge in [-0.1, -0.05) is 12.1 Å². The zero-order valence-corrected chi connectivity index (χ0v) is 13.8. The Labute approximate surface area is 131 Å². The maximum absolute atomic E-state index is 11.0. The summed E-state index contributed by atoms with van der Waals surface area (Å²) in [5, 5.41) is 9.06. The van der Waals surface area contributed by atoms with Crippen LogP contribution in [0.1, 0.15) is 40.2 Å². The Morgan fingerprint density at radius 2 is 1.82 bits per heavy atom. The van der Waals surface area contributed by atoms with Crippen molar-refractivity contribution >= 4 is 18.6 Å². The van der Waals surface area contributed by atoms with Gasteiger partial charge < -0.3 is 19.2 Å². The number of ether oxygens (including phenoxy) is 1. The van der Waals surface area contributed by atoms with Crippen LogP contribution in [0.2, 0.25) is 0 Å². The fourth-order valence-electron chi connectivity index (χ4n) is 2.32. The standard InChI is InChI=1S/C16H23BO5/c1-6-20-13-8-7-12(9-11(13)10-14(18)19)17-21-15(2,3)16(4,5)22-17/h7-9H,6,10H2,1-5H3,(H,18,19). The molecule has 0 aromatic heterocycles. The highest BCUT2D eigenvalue weighted by Gasteiger charge is 2.51. The van der Waals surface area contributed by atoms with Crippen molar-refractivity contribution in [3.63, 3.8) is 0 Å². The molecule has 0 unspecified atom stereocenters. The molecule has 1 aromatic carbocycles. The summed E-state index contributed by atoms with van der Waals surface area (Å²) in [6, 6.07) is 5.43. The van der Waals surface area contributed by atoms with E-state index in [2.05, 4.69) is 0 Å². The van der Waals surface area contributed by atoms with Crippen LogP contribution in [0.5, 0.6) is 5.75 Å². The average Bonchev–Trinajstić information content (AvgIpc) is 2.60. The van der Waals surface area contributed by atoms with Gasteiger partial charge in [0.05, 0.1) is 24.2 Å². The summed E-state index contributed by atoms with van der Waals surface area (Å²) in [6.45, 7) is 10.3. The Morgan fingerprint density at radius 1 is 1.23 bits per heavy atom. The van der Waals surface area contributed by atoms with Gasteiger partial charge in [0.1, 0.15) is 5.75 Å². The van der Waals surface area contributed by atoms with E-state index in [1.807, 2.05) is 40.7 Å². The van der Waals surface area contributed by atoms with Gasteiger partial charge >= 0.3 is 13.1 Å². The summed E-state index contributed by atoms with van der Waals surface area (Å²) in [5.41, 5.74) is 0.576. The van der Waals surface area contributed by atoms with E-state index in [0.717, 1.165) is 5.46 Å². The lowest BCUT2D eigenvalue weighted by atomic mass is 9.78. The number of hydrogen-bond acceptors (Lipinski definition) is 4. The first-order valence-electron chi connectivity index (χ1n) is 7.49. The van der Waals surface area contributed by atoms with Crippen LogP contribution in [0.3, 0.4) is 0 Å². The quantitative estimate of drug-likeness (QED) is 0.843. The molecule has 22 heavy (non-hydrogen) atoms. The number of benzene rings is 1. The largest absolute Gasteiger partial charge is 0.494 e. The van der Waals surface area contributed by atoms with Crippen LogP contribution in [0, 0.1) is 0 Å². The van der Waals surface area contributed by atoms with Crippen LogP contribution < -0.4 is 10.2 Å². The third-order valence-electron chi connectivity index (χ3n) is 4.25. The molecule has 6 heteroatoms. The monoisotopic (exact) mass is 306 g/mol. The third kappa shape index (κ3) is 3.28. The van der Waals surface area contributed by atoms with Crippen LogP contribution in [-0.4, -0.2) is 36.0 Å². The van der Waals surface area contributed by atoms with Crippen molar-refractivity contribution in [1.82, 2.24) is 0 Å². The van der Waals surface area contributed by atoms with Crippen molar-refractivity contribution in [2.45, 2.75) is 52.2 Å². The maximum atomic E-state index is 11.0. The number of carbonyl (C=O) groups is 1. The van der Waals surface area contributed by atoms with Crippen molar-refractivity contribution in [2.24, 2.45) is 0 Å². The first-order chi connectivity index (χ1) is 10.2. The Hall–Kier alpha value is -1.53. The molecule has 0 radical (unpaired) electrons. The molecule has 0 saturated carbocycles. The zero-order valence-electron chi connectivity index (χ0n) is 13.8. The predicted octanol–water partition coefficient (Wildman–Crippen LogP) is 2.01. The Bertz CT molecular complexity index is 552. The lowest BCUT2D eigenvalue weighted by Crippen LogP contribution is -2.41. The van der Waals surface area contributed by atoms with E-state index in [-0.39, 0.29) is 6.42 Å². The second kappa shape index (κ2) is 5.93. The smallest absolute Gasteiger partial charge is 0.494 e. The average molecular weight is 306 g/mol. The van der Waals surface area contributed by atoms with Gasteiger partial charge in [-0.3, -0.25) is 4.79 Å². The van der Waals surface area contributed by atoms with Gasteiger partial charge in [0, 0.05) is 5.56 Å². The molecule has 1 aromatic rings. The van der Waals surface area contributed by atoms with E-state index < -0.39 is 24.3 Å². The molecule has 120 valence electrons. The van der Waals surface area contributed by atoms with E-state index in [4.69, 9.17) is 19.2 Å². The molecule has 1 fully saturated rings. The summed E-state index contributed by atoms with van der Waals surface area (Å²) in [6.07, 6.45) is -0.0946. The third-order valence-corrected chi connectivity index (χ3v) is 4.25. The van der Waals surface area contributed by atoms with Gasteiger partial charge in [0.15, 0.2) is 0 Å². The summed E-state index contributed by atoms with van der Waals surface area (Å²) in [7, 11) is -0.506. The highest BCUT2D eigenvalue weighted by molar-refractivity contribution is 6.62. The Kier molecular flexibility index (Phi) is 4.54. The van der Waals surface area contributed by atoms with Gasteiger partial charge in [-0.2, -0.15) is 0 Å². The van der Waals surface area contributed by atoms with Crippen LogP contribution in [0.15, 0.2) is 18.2 Å². The number of carboxylic acids is 1. The minimum atomic E-state index is -0.896. The molecule has 1 aliphatic heterocycles. The number of carboxylic acid groups (broad SMARTS) is 1. The molecule has 1 heterocycles. The SMILES string of the molecule is CCOc1ccc(B2OC(C)(C)C(C)(C)O2)cc1CC(=O)O. The summed E-state index contributed by atoms with van der Waals surface area (Å²) < 4.78 is 17.5. The molecule has 5 nitrogen and oxygen atoms in total. The van der Waals surface area contributed by atoms with Crippen LogP contribution in [0.4, 0.5) is 0 Å². The van der Waals surface area contributed by atoms with E-state index in [0.29, 0.717) is 17.9 Å². The van der Waals surface area contributed by atoms with Gasteiger partial charge in [-0.15, -0.1) is 0 Å². The van der Waals surface area contributed by atoms with Crippen LogP contribution in [-0.2, 0) is 20.5 Å². The van der Waals surface area contributed by atoms with E-state index in [1.54, 1.807) is 12.1 Å². The van der Waals surface area contributed by atoms with Crippen molar-refractivity contribution in [2.75, 3.05) is 6.61 Å². The molecular weight excluding hydrogens is 283 g/mol. The van der Waals surface area contributed by atoms with Crippen molar-refractivity contribution < 1.29 is 23.9 Å². The van der Waals surface area contributed by atoms with Crippen molar-refractivity contribution in [3.8, 4) is 5.75 Å². The number of rotatable bonds is 5. The first-order valence-corrected chi connectivity index (χ1v) is 7.49.